The number of nitrogens with one attached hydrogen (secondary N) is 2. The van der Waals surface area contributed by atoms with Crippen molar-refractivity contribution in [3.05, 3.63) is 75.0 Å². The van der Waals surface area contributed by atoms with Gasteiger partial charge >= 0.3 is 0 Å². The number of anilines is 1. The summed E-state index contributed by atoms with van der Waals surface area (Å²) >= 11 is 0. The van der Waals surface area contributed by atoms with Gasteiger partial charge in [-0.05, 0) is 43.5 Å². The number of carbonyl (C=O) groups is 1. The van der Waals surface area contributed by atoms with Gasteiger partial charge in [0.05, 0.1) is 19.1 Å². The van der Waals surface area contributed by atoms with Crippen molar-refractivity contribution in [1.29, 1.82) is 0 Å². The summed E-state index contributed by atoms with van der Waals surface area (Å²) in [5.74, 6) is 1.32. The number of aromatic amines is 1. The van der Waals surface area contributed by atoms with Crippen molar-refractivity contribution in [2.45, 2.75) is 19.8 Å². The number of nitro benzene ring substituents is 1. The zero-order chi connectivity index (χ0) is 21.7. The number of amides is 1. The monoisotopic (exact) mass is 410 g/mol. The van der Waals surface area contributed by atoms with Crippen molar-refractivity contribution in [2.75, 3.05) is 19.5 Å². The van der Waals surface area contributed by atoms with Gasteiger partial charge in [0, 0.05) is 35.0 Å². The van der Waals surface area contributed by atoms with Crippen LogP contribution < -0.4 is 14.8 Å². The van der Waals surface area contributed by atoms with Gasteiger partial charge in [-0.2, -0.15) is 5.10 Å². The smallest absolute Gasteiger partial charge is 0.273 e. The topological polar surface area (TPSA) is 119 Å². The summed E-state index contributed by atoms with van der Waals surface area (Å²) in [6, 6.07) is 11.8. The highest BCUT2D eigenvalue weighted by molar-refractivity contribution is 6.04. The quantitative estimate of drug-likeness (QED) is 0.432. The minimum atomic E-state index is -0.508. The third-order valence-corrected chi connectivity index (χ3v) is 4.63. The van der Waals surface area contributed by atoms with Crippen LogP contribution in [-0.2, 0) is 12.8 Å². The van der Waals surface area contributed by atoms with Gasteiger partial charge in [-0.25, -0.2) is 0 Å². The minimum Gasteiger partial charge on any atom is -0.497 e. The van der Waals surface area contributed by atoms with Crippen LogP contribution >= 0.6 is 0 Å². The second-order valence-corrected chi connectivity index (χ2v) is 6.71. The number of aryl methyl sites for hydroxylation is 3. The van der Waals surface area contributed by atoms with Crippen LogP contribution in [0.2, 0.25) is 0 Å². The number of H-pyrrole nitrogens is 1. The lowest BCUT2D eigenvalue weighted by Crippen LogP contribution is -2.12. The lowest BCUT2D eigenvalue weighted by molar-refractivity contribution is -0.385. The number of ether oxygens (including phenoxy) is 2. The molecular formula is C21H22N4O5. The summed E-state index contributed by atoms with van der Waals surface area (Å²) in [4.78, 5) is 23.0. The molecule has 0 saturated carbocycles. The van der Waals surface area contributed by atoms with Gasteiger partial charge in [0.2, 0.25) is 0 Å². The van der Waals surface area contributed by atoms with Gasteiger partial charge in [0.25, 0.3) is 11.6 Å². The third kappa shape index (κ3) is 4.93. The molecule has 156 valence electrons. The van der Waals surface area contributed by atoms with Gasteiger partial charge in [0.15, 0.2) is 5.82 Å². The Balaban J connectivity index is 1.65. The van der Waals surface area contributed by atoms with Gasteiger partial charge < -0.3 is 14.8 Å². The standard InChI is InChI=1S/C21H22N4O5/c1-13-4-6-15(10-19(13)25(27)28)21(26)22-20-11-16(23-24-20)7-5-14-8-17(29-2)12-18(9-14)30-3/h4,6,8-12H,5,7H2,1-3H3,(H2,22,23,24,26). The van der Waals surface area contributed by atoms with Gasteiger partial charge in [0.1, 0.15) is 11.5 Å². The van der Waals surface area contributed by atoms with Crippen LogP contribution in [0.15, 0.2) is 42.5 Å². The molecule has 1 aromatic heterocycles. The molecular weight excluding hydrogens is 388 g/mol. The molecule has 0 bridgehead atoms. The molecule has 3 aromatic rings. The number of rotatable bonds is 8. The van der Waals surface area contributed by atoms with Crippen molar-refractivity contribution in [2.24, 2.45) is 0 Å². The molecule has 1 amide bonds. The van der Waals surface area contributed by atoms with Crippen LogP contribution in [-0.4, -0.2) is 35.2 Å². The number of methoxy groups -OCH3 is 2. The number of nitro groups is 1. The maximum Gasteiger partial charge on any atom is 0.273 e. The Hall–Kier alpha value is -3.88. The zero-order valence-corrected chi connectivity index (χ0v) is 16.9. The first-order valence-corrected chi connectivity index (χ1v) is 9.22. The number of carbonyl (C=O) groups excluding carboxylic acids is 1. The molecule has 0 fully saturated rings. The van der Waals surface area contributed by atoms with Crippen LogP contribution in [0.4, 0.5) is 11.5 Å². The SMILES string of the molecule is COc1cc(CCc2cc(NC(=O)c3ccc(C)c([N+](=O)[O-])c3)n[nH]2)cc(OC)c1. The Kier molecular flexibility index (Phi) is 6.31. The van der Waals surface area contributed by atoms with Crippen LogP contribution in [0.5, 0.6) is 11.5 Å². The van der Waals surface area contributed by atoms with E-state index < -0.39 is 10.8 Å². The summed E-state index contributed by atoms with van der Waals surface area (Å²) in [7, 11) is 3.20. The molecule has 0 saturated heterocycles. The summed E-state index contributed by atoms with van der Waals surface area (Å²) in [5, 5.41) is 20.7. The molecule has 3 rings (SSSR count). The average Bonchev–Trinajstić information content (AvgIpc) is 3.19. The van der Waals surface area contributed by atoms with E-state index in [0.717, 1.165) is 11.3 Å². The Morgan fingerprint density at radius 2 is 1.80 bits per heavy atom. The number of hydrogen-bond acceptors (Lipinski definition) is 6. The van der Waals surface area contributed by atoms with Crippen molar-refractivity contribution < 1.29 is 19.2 Å². The van der Waals surface area contributed by atoms with Crippen LogP contribution in [0.3, 0.4) is 0 Å². The number of nitrogens with zero attached hydrogens (tertiary/aromatic N) is 2. The van der Waals surface area contributed by atoms with E-state index in [0.29, 0.717) is 35.7 Å². The first kappa shape index (κ1) is 20.8. The molecule has 0 spiro atoms. The number of hydrogen-bond donors (Lipinski definition) is 2. The molecule has 2 N–H and O–H groups in total. The number of aromatic nitrogens is 2. The van der Waals surface area contributed by atoms with E-state index in [9.17, 15) is 14.9 Å². The Labute approximate surface area is 173 Å². The molecule has 9 nitrogen and oxygen atoms in total. The predicted octanol–water partition coefficient (Wildman–Crippen LogP) is 3.68. The fourth-order valence-electron chi connectivity index (χ4n) is 2.98. The summed E-state index contributed by atoms with van der Waals surface area (Å²) < 4.78 is 10.6. The molecule has 1 heterocycles. The van der Waals surface area contributed by atoms with E-state index in [1.165, 1.54) is 6.07 Å². The molecule has 30 heavy (non-hydrogen) atoms. The van der Waals surface area contributed by atoms with Crippen LogP contribution in [0.25, 0.3) is 0 Å². The molecule has 0 radical (unpaired) electrons. The first-order chi connectivity index (χ1) is 14.4. The van der Waals surface area contributed by atoms with E-state index in [2.05, 4.69) is 15.5 Å². The largest absolute Gasteiger partial charge is 0.497 e. The maximum absolute atomic E-state index is 12.4. The van der Waals surface area contributed by atoms with E-state index in [-0.39, 0.29) is 11.3 Å². The van der Waals surface area contributed by atoms with Gasteiger partial charge in [-0.15, -0.1) is 0 Å². The lowest BCUT2D eigenvalue weighted by Gasteiger charge is -2.08. The zero-order valence-electron chi connectivity index (χ0n) is 16.9. The van der Waals surface area contributed by atoms with E-state index in [4.69, 9.17) is 9.47 Å². The molecule has 9 heteroatoms. The average molecular weight is 410 g/mol. The van der Waals surface area contributed by atoms with Crippen LogP contribution in [0, 0.1) is 17.0 Å². The Morgan fingerprint density at radius 1 is 1.10 bits per heavy atom. The molecule has 0 atom stereocenters. The second kappa shape index (κ2) is 9.08. The predicted molar refractivity (Wildman–Crippen MR) is 111 cm³/mol. The van der Waals surface area contributed by atoms with Crippen LogP contribution in [0.1, 0.15) is 27.2 Å². The van der Waals surface area contributed by atoms with Crippen molar-refractivity contribution in [1.82, 2.24) is 10.2 Å². The van der Waals surface area contributed by atoms with E-state index >= 15 is 0 Å². The summed E-state index contributed by atoms with van der Waals surface area (Å²) in [5.41, 5.74) is 2.47. The maximum atomic E-state index is 12.4. The second-order valence-electron chi connectivity index (χ2n) is 6.71. The van der Waals surface area contributed by atoms with Crippen molar-refractivity contribution in [3.8, 4) is 11.5 Å². The molecule has 0 aliphatic carbocycles. The first-order valence-electron chi connectivity index (χ1n) is 9.22. The third-order valence-electron chi connectivity index (χ3n) is 4.63. The van der Waals surface area contributed by atoms with Gasteiger partial charge in [-0.1, -0.05) is 6.07 Å². The fraction of sp³-hybridized carbons (Fsp3) is 0.238. The summed E-state index contributed by atoms with van der Waals surface area (Å²) in [6.07, 6.45) is 1.38. The summed E-state index contributed by atoms with van der Waals surface area (Å²) in [6.45, 7) is 1.62. The van der Waals surface area contributed by atoms with E-state index in [1.807, 2.05) is 18.2 Å². The Bertz CT molecular complexity index is 1050. The van der Waals surface area contributed by atoms with Gasteiger partial charge in [-0.3, -0.25) is 20.0 Å². The minimum absolute atomic E-state index is 0.0981. The molecule has 0 aliphatic heterocycles. The fourth-order valence-corrected chi connectivity index (χ4v) is 2.98. The van der Waals surface area contributed by atoms with Crippen molar-refractivity contribution >= 4 is 17.4 Å². The Morgan fingerprint density at radius 3 is 2.43 bits per heavy atom. The number of benzene rings is 2. The normalized spacial score (nSPS) is 10.5. The molecule has 2 aromatic carbocycles. The molecule has 0 unspecified atom stereocenters. The molecule has 0 aliphatic rings. The van der Waals surface area contributed by atoms with E-state index in [1.54, 1.807) is 39.3 Å². The highest BCUT2D eigenvalue weighted by Gasteiger charge is 2.16. The highest BCUT2D eigenvalue weighted by Crippen LogP contribution is 2.24. The highest BCUT2D eigenvalue weighted by atomic mass is 16.6. The van der Waals surface area contributed by atoms with Crippen molar-refractivity contribution in [3.63, 3.8) is 0 Å². The lowest BCUT2D eigenvalue weighted by atomic mass is 10.1.